The maximum atomic E-state index is 11.7. The highest BCUT2D eigenvalue weighted by molar-refractivity contribution is 5.67. The molecule has 0 bridgehead atoms. The van der Waals surface area contributed by atoms with Crippen LogP contribution in [0.3, 0.4) is 0 Å². The second-order valence-corrected chi connectivity index (χ2v) is 4.20. The van der Waals surface area contributed by atoms with Crippen molar-refractivity contribution >= 4 is 6.09 Å². The zero-order chi connectivity index (χ0) is 11.9. The van der Waals surface area contributed by atoms with E-state index in [1.807, 2.05) is 0 Å². The average Bonchev–Trinajstić information content (AvgIpc) is 2.09. The molecule has 0 aliphatic carbocycles. The van der Waals surface area contributed by atoms with Gasteiger partial charge in [0, 0.05) is 13.6 Å². The largest absolute Gasteiger partial charge is 0.444 e. The zero-order valence-corrected chi connectivity index (χ0v) is 9.88. The number of hydrogen-bond donors (Lipinski definition) is 0. The van der Waals surface area contributed by atoms with Crippen molar-refractivity contribution < 1.29 is 18.7 Å². The molecule has 0 aromatic carbocycles. The lowest BCUT2D eigenvalue weighted by molar-refractivity contribution is 0.0226. The van der Waals surface area contributed by atoms with E-state index in [4.69, 9.17) is 9.47 Å². The average molecular weight is 221 g/mol. The van der Waals surface area contributed by atoms with Crippen molar-refractivity contribution in [3.05, 3.63) is 0 Å². The Morgan fingerprint density at radius 2 is 1.93 bits per heavy atom. The Morgan fingerprint density at radius 3 is 2.40 bits per heavy atom. The van der Waals surface area contributed by atoms with Crippen LogP contribution in [0.25, 0.3) is 0 Å². The SMILES string of the molecule is CN(CCOCCF)C(=O)OC(C)(C)C. The summed E-state index contributed by atoms with van der Waals surface area (Å²) in [7, 11) is 1.62. The zero-order valence-electron chi connectivity index (χ0n) is 9.88. The highest BCUT2D eigenvalue weighted by atomic mass is 19.1. The van der Waals surface area contributed by atoms with E-state index >= 15 is 0 Å². The minimum atomic E-state index is -0.504. The molecule has 0 spiro atoms. The standard InChI is InChI=1S/C10H20FNO3/c1-10(2,3)15-9(13)12(4)6-8-14-7-5-11/h5-8H2,1-4H3. The molecule has 90 valence electrons. The Morgan fingerprint density at radius 1 is 1.33 bits per heavy atom. The van der Waals surface area contributed by atoms with E-state index in [0.29, 0.717) is 13.2 Å². The molecule has 0 rings (SSSR count). The van der Waals surface area contributed by atoms with Gasteiger partial charge >= 0.3 is 6.09 Å². The van der Waals surface area contributed by atoms with Crippen molar-refractivity contribution in [1.29, 1.82) is 0 Å². The third kappa shape index (κ3) is 8.17. The molecule has 0 heterocycles. The number of rotatable bonds is 5. The van der Waals surface area contributed by atoms with Crippen LogP contribution in [0.4, 0.5) is 9.18 Å². The van der Waals surface area contributed by atoms with Gasteiger partial charge in [0.2, 0.25) is 0 Å². The van der Waals surface area contributed by atoms with E-state index in [0.717, 1.165) is 0 Å². The number of carbonyl (C=O) groups is 1. The van der Waals surface area contributed by atoms with Gasteiger partial charge in [0.25, 0.3) is 0 Å². The molecule has 0 atom stereocenters. The first kappa shape index (κ1) is 14.2. The Hall–Kier alpha value is -0.840. The van der Waals surface area contributed by atoms with Crippen molar-refractivity contribution in [3.63, 3.8) is 0 Å². The Balaban J connectivity index is 3.70. The van der Waals surface area contributed by atoms with Gasteiger partial charge in [-0.15, -0.1) is 0 Å². The highest BCUT2D eigenvalue weighted by Gasteiger charge is 2.18. The number of ether oxygens (including phenoxy) is 2. The van der Waals surface area contributed by atoms with Crippen LogP contribution in [-0.2, 0) is 9.47 Å². The lowest BCUT2D eigenvalue weighted by atomic mass is 10.2. The minimum absolute atomic E-state index is 0.0716. The third-order valence-electron chi connectivity index (χ3n) is 1.50. The van der Waals surface area contributed by atoms with E-state index in [1.54, 1.807) is 27.8 Å². The van der Waals surface area contributed by atoms with Crippen molar-refractivity contribution in [2.75, 3.05) is 33.5 Å². The Kier molecular flexibility index (Phi) is 6.24. The molecule has 5 heteroatoms. The van der Waals surface area contributed by atoms with Gasteiger partial charge in [0.15, 0.2) is 0 Å². The molecular formula is C10H20FNO3. The second kappa shape index (κ2) is 6.61. The van der Waals surface area contributed by atoms with Gasteiger partial charge in [-0.3, -0.25) is 0 Å². The fourth-order valence-corrected chi connectivity index (χ4v) is 0.789. The van der Waals surface area contributed by atoms with Crippen LogP contribution in [0.15, 0.2) is 0 Å². The van der Waals surface area contributed by atoms with Gasteiger partial charge < -0.3 is 14.4 Å². The van der Waals surface area contributed by atoms with Gasteiger partial charge in [-0.25, -0.2) is 9.18 Å². The Labute approximate surface area is 90.3 Å². The molecule has 0 N–H and O–H groups in total. The summed E-state index contributed by atoms with van der Waals surface area (Å²) < 4.78 is 21.7. The van der Waals surface area contributed by atoms with E-state index < -0.39 is 18.4 Å². The van der Waals surface area contributed by atoms with Gasteiger partial charge in [-0.1, -0.05) is 0 Å². The van der Waals surface area contributed by atoms with Gasteiger partial charge in [0.05, 0.1) is 13.2 Å². The maximum absolute atomic E-state index is 11.7. The molecule has 15 heavy (non-hydrogen) atoms. The summed E-state index contributed by atoms with van der Waals surface area (Å²) in [6, 6.07) is 0. The van der Waals surface area contributed by atoms with E-state index in [1.165, 1.54) is 4.90 Å². The first-order chi connectivity index (χ1) is 6.87. The predicted octanol–water partition coefficient (Wildman–Crippen LogP) is 1.84. The molecule has 0 aliphatic rings. The van der Waals surface area contributed by atoms with Gasteiger partial charge in [-0.05, 0) is 20.8 Å². The van der Waals surface area contributed by atoms with Gasteiger partial charge in [0.1, 0.15) is 12.3 Å². The summed E-state index contributed by atoms with van der Waals surface area (Å²) in [4.78, 5) is 12.8. The molecule has 0 saturated carbocycles. The molecule has 0 fully saturated rings. The summed E-state index contributed by atoms with van der Waals surface area (Å²) in [5.74, 6) is 0. The first-order valence-corrected chi connectivity index (χ1v) is 4.94. The molecule has 0 unspecified atom stereocenters. The van der Waals surface area contributed by atoms with Crippen molar-refractivity contribution in [3.8, 4) is 0 Å². The second-order valence-electron chi connectivity index (χ2n) is 4.20. The predicted molar refractivity (Wildman–Crippen MR) is 55.7 cm³/mol. The molecule has 0 radical (unpaired) electrons. The lowest BCUT2D eigenvalue weighted by Crippen LogP contribution is -2.36. The van der Waals surface area contributed by atoms with Crippen LogP contribution in [0.1, 0.15) is 20.8 Å². The number of carbonyl (C=O) groups excluding carboxylic acids is 1. The first-order valence-electron chi connectivity index (χ1n) is 4.94. The quantitative estimate of drug-likeness (QED) is 0.665. The van der Waals surface area contributed by atoms with Crippen molar-refractivity contribution in [1.82, 2.24) is 4.90 Å². The van der Waals surface area contributed by atoms with E-state index in [9.17, 15) is 9.18 Å². The summed E-state index contributed by atoms with van der Waals surface area (Å²) in [6.45, 7) is 5.70. The Bertz CT molecular complexity index is 192. The molecule has 0 aromatic rings. The van der Waals surface area contributed by atoms with Crippen LogP contribution in [-0.4, -0.2) is 50.1 Å². The number of hydrogen-bond acceptors (Lipinski definition) is 3. The molecule has 0 aromatic heterocycles. The number of halogens is 1. The molecular weight excluding hydrogens is 201 g/mol. The highest BCUT2D eigenvalue weighted by Crippen LogP contribution is 2.08. The summed E-state index contributed by atoms with van der Waals surface area (Å²) >= 11 is 0. The monoisotopic (exact) mass is 221 g/mol. The van der Waals surface area contributed by atoms with Crippen LogP contribution in [0.5, 0.6) is 0 Å². The normalized spacial score (nSPS) is 11.3. The molecule has 0 saturated heterocycles. The third-order valence-corrected chi connectivity index (χ3v) is 1.50. The number of amides is 1. The van der Waals surface area contributed by atoms with Crippen LogP contribution in [0, 0.1) is 0 Å². The smallest absolute Gasteiger partial charge is 0.410 e. The van der Waals surface area contributed by atoms with Crippen LogP contribution < -0.4 is 0 Å². The van der Waals surface area contributed by atoms with Crippen LogP contribution in [0.2, 0.25) is 0 Å². The van der Waals surface area contributed by atoms with Crippen molar-refractivity contribution in [2.45, 2.75) is 26.4 Å². The summed E-state index contributed by atoms with van der Waals surface area (Å²) in [5, 5.41) is 0. The van der Waals surface area contributed by atoms with Crippen LogP contribution >= 0.6 is 0 Å². The van der Waals surface area contributed by atoms with E-state index in [-0.39, 0.29) is 6.61 Å². The minimum Gasteiger partial charge on any atom is -0.444 e. The van der Waals surface area contributed by atoms with Gasteiger partial charge in [-0.2, -0.15) is 0 Å². The topological polar surface area (TPSA) is 38.8 Å². The summed E-state index contributed by atoms with van der Waals surface area (Å²) in [6.07, 6.45) is -0.397. The van der Waals surface area contributed by atoms with E-state index in [2.05, 4.69) is 0 Å². The fourth-order valence-electron chi connectivity index (χ4n) is 0.789. The molecule has 1 amide bonds. The van der Waals surface area contributed by atoms with Crippen molar-refractivity contribution in [2.24, 2.45) is 0 Å². The lowest BCUT2D eigenvalue weighted by Gasteiger charge is -2.24. The maximum Gasteiger partial charge on any atom is 0.410 e. The fraction of sp³-hybridized carbons (Fsp3) is 0.900. The number of nitrogens with zero attached hydrogens (tertiary/aromatic N) is 1. The number of likely N-dealkylation sites (N-methyl/N-ethyl adjacent to an activating group) is 1. The summed E-state index contributed by atoms with van der Waals surface area (Å²) in [5.41, 5.74) is -0.495. The molecule has 4 nitrogen and oxygen atoms in total. The molecule has 0 aliphatic heterocycles. The number of alkyl halides is 1.